The number of hydrogen-bond donors (Lipinski definition) is 2. The highest BCUT2D eigenvalue weighted by atomic mass is 16.5. The summed E-state index contributed by atoms with van der Waals surface area (Å²) < 4.78 is 11.0. The van der Waals surface area contributed by atoms with Gasteiger partial charge < -0.3 is 19.5 Å². The summed E-state index contributed by atoms with van der Waals surface area (Å²) in [5, 5.41) is 6.89. The Bertz CT molecular complexity index is 942. The minimum absolute atomic E-state index is 0.130. The molecule has 6 heteroatoms. The summed E-state index contributed by atoms with van der Waals surface area (Å²) in [6.07, 6.45) is 0. The van der Waals surface area contributed by atoms with Crippen LogP contribution in [0.4, 0.5) is 0 Å². The van der Waals surface area contributed by atoms with Crippen LogP contribution >= 0.6 is 0 Å². The summed E-state index contributed by atoms with van der Waals surface area (Å²) in [5.41, 5.74) is 4.66. The Kier molecular flexibility index (Phi) is 6.67. The molecule has 2 N–H and O–H groups in total. The smallest absolute Gasteiger partial charge is 0.251 e. The van der Waals surface area contributed by atoms with E-state index in [1.807, 2.05) is 26.0 Å². The number of nitrogens with zero attached hydrogens (tertiary/aromatic N) is 1. The molecule has 1 aromatic heterocycles. The third-order valence-electron chi connectivity index (χ3n) is 4.69. The normalized spacial score (nSPS) is 10.9. The average molecular weight is 394 g/mol. The van der Waals surface area contributed by atoms with E-state index >= 15 is 0 Å². The second-order valence-electron chi connectivity index (χ2n) is 7.50. The quantitative estimate of drug-likeness (QED) is 0.616. The van der Waals surface area contributed by atoms with Gasteiger partial charge in [0.15, 0.2) is 0 Å². The molecule has 0 spiro atoms. The van der Waals surface area contributed by atoms with Crippen molar-refractivity contribution in [1.29, 1.82) is 0 Å². The number of hydrogen-bond acceptors (Lipinski definition) is 4. The standard InChI is InChI=1S/C23H27N3O3/c1-16-22(17(2)29-25-16)15-28-21-7-5-6-20(12-21)23(27)24-13-18-8-10-19(11-9-18)14-26(3)4/h5-12H,13-15H2,1-4H3,(H,24,27)/p+1. The van der Waals surface area contributed by atoms with Crippen LogP contribution in [0, 0.1) is 13.8 Å². The molecule has 0 fully saturated rings. The van der Waals surface area contributed by atoms with Gasteiger partial charge in [-0.15, -0.1) is 0 Å². The third-order valence-corrected chi connectivity index (χ3v) is 4.69. The fourth-order valence-corrected chi connectivity index (χ4v) is 3.06. The van der Waals surface area contributed by atoms with E-state index in [4.69, 9.17) is 9.26 Å². The first kappa shape index (κ1) is 20.6. The molecule has 2 aromatic carbocycles. The van der Waals surface area contributed by atoms with Gasteiger partial charge in [-0.2, -0.15) is 0 Å². The van der Waals surface area contributed by atoms with Crippen LogP contribution in [0.1, 0.15) is 38.5 Å². The van der Waals surface area contributed by atoms with Crippen molar-refractivity contribution in [2.45, 2.75) is 33.5 Å². The first-order valence-electron chi connectivity index (χ1n) is 9.72. The Hall–Kier alpha value is -3.12. The highest BCUT2D eigenvalue weighted by Crippen LogP contribution is 2.18. The third kappa shape index (κ3) is 5.68. The molecular weight excluding hydrogens is 366 g/mol. The number of rotatable bonds is 8. The van der Waals surface area contributed by atoms with Gasteiger partial charge in [0, 0.05) is 17.7 Å². The van der Waals surface area contributed by atoms with E-state index in [1.54, 1.807) is 12.1 Å². The maximum Gasteiger partial charge on any atom is 0.251 e. The van der Waals surface area contributed by atoms with Gasteiger partial charge >= 0.3 is 0 Å². The molecule has 0 bridgehead atoms. The SMILES string of the molecule is Cc1noc(C)c1COc1cccc(C(=O)NCc2ccc(C[NH+](C)C)cc2)c1. The molecule has 1 amide bonds. The molecule has 29 heavy (non-hydrogen) atoms. The maximum absolute atomic E-state index is 12.5. The fourth-order valence-electron chi connectivity index (χ4n) is 3.06. The van der Waals surface area contributed by atoms with Crippen molar-refractivity contribution < 1.29 is 19.0 Å². The average Bonchev–Trinajstić information content (AvgIpc) is 3.03. The van der Waals surface area contributed by atoms with E-state index in [0.717, 1.165) is 29.1 Å². The summed E-state index contributed by atoms with van der Waals surface area (Å²) in [6, 6.07) is 15.5. The predicted octanol–water partition coefficient (Wildman–Crippen LogP) is 2.44. The Morgan fingerprint density at radius 1 is 1.10 bits per heavy atom. The van der Waals surface area contributed by atoms with Crippen molar-refractivity contribution in [3.8, 4) is 5.75 Å². The van der Waals surface area contributed by atoms with E-state index in [1.165, 1.54) is 10.5 Å². The van der Waals surface area contributed by atoms with Gasteiger partial charge in [0.2, 0.25) is 0 Å². The first-order chi connectivity index (χ1) is 13.9. The van der Waals surface area contributed by atoms with Crippen LogP contribution in [0.25, 0.3) is 0 Å². The van der Waals surface area contributed by atoms with Crippen LogP contribution in [0.15, 0.2) is 53.1 Å². The lowest BCUT2D eigenvalue weighted by Crippen LogP contribution is -3.04. The molecule has 0 atom stereocenters. The molecule has 1 heterocycles. The van der Waals surface area contributed by atoms with Gasteiger partial charge in [-0.25, -0.2) is 0 Å². The molecule has 3 rings (SSSR count). The van der Waals surface area contributed by atoms with Gasteiger partial charge in [-0.3, -0.25) is 4.79 Å². The predicted molar refractivity (Wildman–Crippen MR) is 111 cm³/mol. The number of carbonyl (C=O) groups excluding carboxylic acids is 1. The van der Waals surface area contributed by atoms with E-state index < -0.39 is 0 Å². The second-order valence-corrected chi connectivity index (χ2v) is 7.50. The minimum Gasteiger partial charge on any atom is -0.489 e. The van der Waals surface area contributed by atoms with Crippen LogP contribution in [-0.4, -0.2) is 25.2 Å². The summed E-state index contributed by atoms with van der Waals surface area (Å²) in [5.74, 6) is 1.25. The molecule has 0 aliphatic rings. The van der Waals surface area contributed by atoms with E-state index in [0.29, 0.717) is 24.5 Å². The highest BCUT2D eigenvalue weighted by Gasteiger charge is 2.11. The lowest BCUT2D eigenvalue weighted by Gasteiger charge is -2.10. The van der Waals surface area contributed by atoms with Crippen LogP contribution in [-0.2, 0) is 19.7 Å². The summed E-state index contributed by atoms with van der Waals surface area (Å²) >= 11 is 0. The van der Waals surface area contributed by atoms with E-state index in [9.17, 15) is 4.79 Å². The van der Waals surface area contributed by atoms with E-state index in [-0.39, 0.29) is 5.91 Å². The zero-order valence-electron chi connectivity index (χ0n) is 17.4. The molecule has 0 aliphatic heterocycles. The number of aromatic nitrogens is 1. The molecule has 3 aromatic rings. The number of quaternary nitrogens is 1. The lowest BCUT2D eigenvalue weighted by atomic mass is 10.1. The number of aryl methyl sites for hydroxylation is 2. The largest absolute Gasteiger partial charge is 0.489 e. The first-order valence-corrected chi connectivity index (χ1v) is 9.72. The monoisotopic (exact) mass is 394 g/mol. The van der Waals surface area contributed by atoms with Crippen molar-refractivity contribution in [3.05, 3.63) is 82.2 Å². The zero-order chi connectivity index (χ0) is 20.8. The molecule has 0 radical (unpaired) electrons. The maximum atomic E-state index is 12.5. The van der Waals surface area contributed by atoms with Crippen LogP contribution in [0.5, 0.6) is 5.75 Å². The Morgan fingerprint density at radius 2 is 1.83 bits per heavy atom. The lowest BCUT2D eigenvalue weighted by molar-refractivity contribution is -0.872. The molecule has 0 unspecified atom stereocenters. The minimum atomic E-state index is -0.130. The number of amides is 1. The number of ether oxygens (including phenoxy) is 1. The van der Waals surface area contributed by atoms with Gasteiger partial charge in [0.05, 0.1) is 25.4 Å². The van der Waals surface area contributed by atoms with Gasteiger partial charge in [0.25, 0.3) is 5.91 Å². The Balaban J connectivity index is 1.56. The van der Waals surface area contributed by atoms with Crippen LogP contribution in [0.3, 0.4) is 0 Å². The fraction of sp³-hybridized carbons (Fsp3) is 0.304. The number of nitrogens with one attached hydrogen (secondary N) is 2. The molecule has 0 saturated heterocycles. The topological polar surface area (TPSA) is 68.8 Å². The van der Waals surface area contributed by atoms with Crippen molar-refractivity contribution in [3.63, 3.8) is 0 Å². The van der Waals surface area contributed by atoms with Gasteiger partial charge in [0.1, 0.15) is 24.7 Å². The van der Waals surface area contributed by atoms with Gasteiger partial charge in [-0.05, 0) is 37.6 Å². The molecular formula is C23H28N3O3+. The van der Waals surface area contributed by atoms with Crippen molar-refractivity contribution in [1.82, 2.24) is 10.5 Å². The summed E-state index contributed by atoms with van der Waals surface area (Å²) in [7, 11) is 4.25. The zero-order valence-corrected chi connectivity index (χ0v) is 17.4. The van der Waals surface area contributed by atoms with E-state index in [2.05, 4.69) is 48.8 Å². The second kappa shape index (κ2) is 9.39. The summed E-state index contributed by atoms with van der Waals surface area (Å²) in [6.45, 7) is 5.56. The molecule has 0 saturated carbocycles. The molecule has 0 aliphatic carbocycles. The Morgan fingerprint density at radius 3 is 2.48 bits per heavy atom. The number of carbonyl (C=O) groups is 1. The highest BCUT2D eigenvalue weighted by molar-refractivity contribution is 5.94. The molecule has 6 nitrogen and oxygen atoms in total. The van der Waals surface area contributed by atoms with Crippen LogP contribution in [0.2, 0.25) is 0 Å². The number of benzene rings is 2. The Labute approximate surface area is 171 Å². The van der Waals surface area contributed by atoms with Gasteiger partial charge in [-0.1, -0.05) is 35.5 Å². The van der Waals surface area contributed by atoms with Crippen molar-refractivity contribution >= 4 is 5.91 Å². The van der Waals surface area contributed by atoms with Crippen LogP contribution < -0.4 is 15.0 Å². The van der Waals surface area contributed by atoms with Crippen molar-refractivity contribution in [2.75, 3.05) is 14.1 Å². The summed E-state index contributed by atoms with van der Waals surface area (Å²) in [4.78, 5) is 13.9. The molecule has 152 valence electrons. The van der Waals surface area contributed by atoms with Crippen molar-refractivity contribution in [2.24, 2.45) is 0 Å².